The van der Waals surface area contributed by atoms with E-state index in [1.165, 1.54) is 30.4 Å². The molecule has 2 nitrogen and oxygen atoms in total. The summed E-state index contributed by atoms with van der Waals surface area (Å²) in [4.78, 5) is 6.71. The topological polar surface area (TPSA) is 16.1 Å². The highest BCUT2D eigenvalue weighted by Crippen LogP contribution is 2.36. The lowest BCUT2D eigenvalue weighted by Crippen LogP contribution is -2.34. The van der Waals surface area contributed by atoms with Gasteiger partial charge in [0, 0.05) is 24.5 Å². The molecule has 0 aromatic carbocycles. The molecule has 0 radical (unpaired) electrons. The summed E-state index contributed by atoms with van der Waals surface area (Å²) < 4.78 is 0. The third kappa shape index (κ3) is 2.65. The predicted octanol–water partition coefficient (Wildman–Crippen LogP) is 3.18. The smallest absolute Gasteiger partial charge is 0.0342 e. The van der Waals surface area contributed by atoms with Crippen LogP contribution in [0.25, 0.3) is 5.57 Å². The second kappa shape index (κ2) is 5.85. The van der Waals surface area contributed by atoms with Crippen molar-refractivity contribution >= 4 is 30.4 Å². The highest BCUT2D eigenvalue weighted by molar-refractivity contribution is 5.85. The monoisotopic (exact) mass is 272 g/mol. The Balaban J connectivity index is 0.000000722. The molecule has 2 unspecified atom stereocenters. The second-order valence-corrected chi connectivity index (χ2v) is 4.60. The predicted molar refractivity (Wildman–Crippen MR) is 75.9 cm³/mol. The van der Waals surface area contributed by atoms with Crippen LogP contribution in [0.1, 0.15) is 24.8 Å². The molecule has 0 N–H and O–H groups in total. The van der Waals surface area contributed by atoms with Crippen molar-refractivity contribution in [2.45, 2.75) is 31.3 Å². The number of halogens is 2. The first-order valence-corrected chi connectivity index (χ1v) is 5.67. The van der Waals surface area contributed by atoms with Crippen LogP contribution in [0, 0.1) is 0 Å². The van der Waals surface area contributed by atoms with Crippen molar-refractivity contribution in [3.8, 4) is 0 Å². The molecule has 2 aliphatic heterocycles. The summed E-state index contributed by atoms with van der Waals surface area (Å²) >= 11 is 0. The number of hydrogen-bond acceptors (Lipinski definition) is 2. The largest absolute Gasteiger partial charge is 0.297 e. The molecule has 1 saturated heterocycles. The minimum Gasteiger partial charge on any atom is -0.297 e. The molecule has 3 heterocycles. The Labute approximate surface area is 115 Å². The Morgan fingerprint density at radius 2 is 2.12 bits per heavy atom. The molecule has 17 heavy (non-hydrogen) atoms. The van der Waals surface area contributed by atoms with Gasteiger partial charge in [-0.2, -0.15) is 0 Å². The number of rotatable bonds is 1. The lowest BCUT2D eigenvalue weighted by molar-refractivity contribution is 0.264. The van der Waals surface area contributed by atoms with Crippen molar-refractivity contribution in [2.75, 3.05) is 7.05 Å². The fourth-order valence-corrected chi connectivity index (χ4v) is 2.81. The van der Waals surface area contributed by atoms with Gasteiger partial charge in [0.15, 0.2) is 0 Å². The molecule has 0 saturated carbocycles. The lowest BCUT2D eigenvalue weighted by atomic mass is 9.96. The number of fused-ring (bicyclic) bond motifs is 2. The van der Waals surface area contributed by atoms with Crippen molar-refractivity contribution in [3.05, 3.63) is 36.2 Å². The van der Waals surface area contributed by atoms with Crippen molar-refractivity contribution < 1.29 is 0 Å². The van der Waals surface area contributed by atoms with Crippen LogP contribution in [-0.4, -0.2) is 29.0 Å². The maximum atomic E-state index is 4.19. The van der Waals surface area contributed by atoms with E-state index in [0.29, 0.717) is 6.04 Å². The van der Waals surface area contributed by atoms with Crippen molar-refractivity contribution in [2.24, 2.45) is 0 Å². The van der Waals surface area contributed by atoms with Gasteiger partial charge in [-0.15, -0.1) is 24.8 Å². The fraction of sp³-hybridized carbons (Fsp3) is 0.462. The normalized spacial score (nSPS) is 26.8. The van der Waals surface area contributed by atoms with Gasteiger partial charge < -0.3 is 0 Å². The van der Waals surface area contributed by atoms with Gasteiger partial charge in [-0.25, -0.2) is 0 Å². The Morgan fingerprint density at radius 1 is 1.29 bits per heavy atom. The highest BCUT2D eigenvalue weighted by Gasteiger charge is 2.33. The van der Waals surface area contributed by atoms with Gasteiger partial charge in [0.25, 0.3) is 0 Å². The molecule has 4 heteroatoms. The highest BCUT2D eigenvalue weighted by atomic mass is 35.5. The zero-order chi connectivity index (χ0) is 10.3. The van der Waals surface area contributed by atoms with Crippen molar-refractivity contribution in [3.63, 3.8) is 0 Å². The van der Waals surface area contributed by atoms with E-state index in [9.17, 15) is 0 Å². The summed E-state index contributed by atoms with van der Waals surface area (Å²) in [6, 6.07) is 5.62. The maximum absolute atomic E-state index is 4.19. The van der Waals surface area contributed by atoms with Crippen molar-refractivity contribution in [1.29, 1.82) is 0 Å². The minimum absolute atomic E-state index is 0. The molecule has 94 valence electrons. The minimum atomic E-state index is 0. The molecule has 3 rings (SSSR count). The van der Waals surface area contributed by atoms with Gasteiger partial charge in [0.2, 0.25) is 0 Å². The van der Waals surface area contributed by atoms with E-state index >= 15 is 0 Å². The van der Waals surface area contributed by atoms with Crippen LogP contribution in [0.3, 0.4) is 0 Å². The number of nitrogens with zero attached hydrogens (tertiary/aromatic N) is 2. The molecule has 0 aliphatic carbocycles. The van der Waals surface area contributed by atoms with Crippen LogP contribution in [0.2, 0.25) is 0 Å². The van der Waals surface area contributed by atoms with Crippen LogP contribution in [0.4, 0.5) is 0 Å². The standard InChI is InChI=1S/C13H16N2.2ClH/c1-15-12-4-5-13(15)8-11(7-12)10-3-2-6-14-9-10;;/h2-3,6-7,9,12-13H,4-5,8H2,1H3;2*1H. The molecule has 1 aromatic rings. The van der Waals surface area contributed by atoms with Gasteiger partial charge in [0.1, 0.15) is 0 Å². The maximum Gasteiger partial charge on any atom is 0.0342 e. The Kier molecular flexibility index (Phi) is 4.99. The van der Waals surface area contributed by atoms with E-state index in [1.807, 2.05) is 18.5 Å². The van der Waals surface area contributed by atoms with E-state index in [1.54, 1.807) is 0 Å². The molecule has 0 spiro atoms. The third-order valence-electron chi connectivity index (χ3n) is 3.78. The second-order valence-electron chi connectivity index (χ2n) is 4.60. The summed E-state index contributed by atoms with van der Waals surface area (Å²) in [5, 5.41) is 0. The molecule has 2 bridgehead atoms. The lowest BCUT2D eigenvalue weighted by Gasteiger charge is -2.30. The van der Waals surface area contributed by atoms with Crippen LogP contribution < -0.4 is 0 Å². The quantitative estimate of drug-likeness (QED) is 0.781. The number of pyridine rings is 1. The number of aromatic nitrogens is 1. The molecule has 2 aliphatic rings. The van der Waals surface area contributed by atoms with Crippen LogP contribution in [0.15, 0.2) is 30.6 Å². The zero-order valence-corrected chi connectivity index (χ0v) is 11.5. The summed E-state index contributed by atoms with van der Waals surface area (Å²) in [6.07, 6.45) is 10.1. The van der Waals surface area contributed by atoms with Crippen LogP contribution in [-0.2, 0) is 0 Å². The summed E-state index contributed by atoms with van der Waals surface area (Å²) in [7, 11) is 2.25. The van der Waals surface area contributed by atoms with Crippen LogP contribution in [0.5, 0.6) is 0 Å². The first-order chi connectivity index (χ1) is 7.34. The van der Waals surface area contributed by atoms with E-state index in [0.717, 1.165) is 6.04 Å². The Hall–Kier alpha value is -0.570. The van der Waals surface area contributed by atoms with E-state index in [4.69, 9.17) is 0 Å². The first kappa shape index (κ1) is 14.5. The molecular formula is C13H18Cl2N2. The summed E-state index contributed by atoms with van der Waals surface area (Å²) in [5.74, 6) is 0. The SMILES string of the molecule is CN1C2C=C(c3cccnc3)CC1CC2.Cl.Cl. The van der Waals surface area contributed by atoms with Gasteiger partial charge in [-0.05, 0) is 43.5 Å². The van der Waals surface area contributed by atoms with Gasteiger partial charge in [0.05, 0.1) is 0 Å². The Bertz CT molecular complexity index is 392. The van der Waals surface area contributed by atoms with E-state index in [2.05, 4.69) is 29.1 Å². The summed E-state index contributed by atoms with van der Waals surface area (Å²) in [5.41, 5.74) is 2.80. The van der Waals surface area contributed by atoms with Gasteiger partial charge in [-0.1, -0.05) is 12.1 Å². The van der Waals surface area contributed by atoms with E-state index < -0.39 is 0 Å². The molecule has 1 aromatic heterocycles. The Morgan fingerprint density at radius 3 is 2.76 bits per heavy atom. The number of likely N-dealkylation sites (N-methyl/N-ethyl adjacent to an activating group) is 1. The fourth-order valence-electron chi connectivity index (χ4n) is 2.81. The van der Waals surface area contributed by atoms with E-state index in [-0.39, 0.29) is 24.8 Å². The number of hydrogen-bond donors (Lipinski definition) is 0. The molecular weight excluding hydrogens is 255 g/mol. The molecule has 0 amide bonds. The average molecular weight is 273 g/mol. The van der Waals surface area contributed by atoms with Crippen LogP contribution >= 0.6 is 24.8 Å². The molecule has 1 fully saturated rings. The third-order valence-corrected chi connectivity index (χ3v) is 3.78. The zero-order valence-electron chi connectivity index (χ0n) is 9.87. The van der Waals surface area contributed by atoms with Gasteiger partial charge in [-0.3, -0.25) is 9.88 Å². The summed E-state index contributed by atoms with van der Waals surface area (Å²) in [6.45, 7) is 0. The van der Waals surface area contributed by atoms with Crippen molar-refractivity contribution in [1.82, 2.24) is 9.88 Å². The van der Waals surface area contributed by atoms with Gasteiger partial charge >= 0.3 is 0 Å². The average Bonchev–Trinajstić information content (AvgIpc) is 2.54. The first-order valence-electron chi connectivity index (χ1n) is 5.67. The molecule has 2 atom stereocenters.